The predicted molar refractivity (Wildman–Crippen MR) is 81.2 cm³/mol. The van der Waals surface area contributed by atoms with Crippen molar-refractivity contribution in [3.63, 3.8) is 0 Å². The van der Waals surface area contributed by atoms with E-state index in [4.69, 9.17) is 9.47 Å². The number of carboxylic acid groups (broad SMARTS) is 1. The van der Waals surface area contributed by atoms with Crippen molar-refractivity contribution in [2.45, 2.75) is 45.9 Å². The lowest BCUT2D eigenvalue weighted by atomic mass is 10.1. The highest BCUT2D eigenvalue weighted by Crippen LogP contribution is 2.39. The summed E-state index contributed by atoms with van der Waals surface area (Å²) in [6, 6.07) is -0.407. The molecular formula is C14H26NO5S+. The van der Waals surface area contributed by atoms with E-state index in [1.807, 2.05) is 13.8 Å². The number of quaternary nitrogens is 1. The topological polar surface area (TPSA) is 72.8 Å². The van der Waals surface area contributed by atoms with Gasteiger partial charge in [-0.05, 0) is 27.7 Å². The molecule has 1 aliphatic heterocycles. The second-order valence-corrected chi connectivity index (χ2v) is 5.93. The predicted octanol–water partition coefficient (Wildman–Crippen LogP) is 2.14. The highest BCUT2D eigenvalue weighted by molar-refractivity contribution is 7.80. The number of rotatable bonds is 6. The van der Waals surface area contributed by atoms with Crippen molar-refractivity contribution in [2.24, 2.45) is 5.92 Å². The standard InChI is InChI=1S/C14H25NO5S/c1-5-19-14(20-6-2)7-11(4)15(9-14,13(17)18)12(16)10(3)8-21/h10-11H,5-9H2,1-4H3,(H-,17,18,21)/p+1/t10?,11?,15-/m0/s1. The summed E-state index contributed by atoms with van der Waals surface area (Å²) in [6.07, 6.45) is -0.770. The van der Waals surface area contributed by atoms with Gasteiger partial charge < -0.3 is 14.6 Å². The molecule has 1 N–H and O–H groups in total. The minimum atomic E-state index is -1.15. The van der Waals surface area contributed by atoms with Crippen LogP contribution in [0.5, 0.6) is 0 Å². The Labute approximate surface area is 131 Å². The van der Waals surface area contributed by atoms with Crippen LogP contribution in [0.1, 0.15) is 34.1 Å². The molecule has 0 spiro atoms. The molecule has 6 nitrogen and oxygen atoms in total. The van der Waals surface area contributed by atoms with Crippen molar-refractivity contribution >= 4 is 24.6 Å². The minimum Gasteiger partial charge on any atom is -0.435 e. The zero-order chi connectivity index (χ0) is 16.3. The molecule has 0 bridgehead atoms. The van der Waals surface area contributed by atoms with Crippen LogP contribution in [0.3, 0.4) is 0 Å². The maximum absolute atomic E-state index is 12.7. The van der Waals surface area contributed by atoms with E-state index in [9.17, 15) is 14.7 Å². The maximum atomic E-state index is 12.7. The van der Waals surface area contributed by atoms with Crippen molar-refractivity contribution in [3.8, 4) is 0 Å². The summed E-state index contributed by atoms with van der Waals surface area (Å²) >= 11 is 4.12. The largest absolute Gasteiger partial charge is 0.521 e. The van der Waals surface area contributed by atoms with Crippen LogP contribution in [0.15, 0.2) is 0 Å². The summed E-state index contributed by atoms with van der Waals surface area (Å²) in [4.78, 5) is 24.6. The molecule has 0 aromatic rings. The fourth-order valence-corrected chi connectivity index (χ4v) is 3.26. The molecule has 1 saturated heterocycles. The molecule has 21 heavy (non-hydrogen) atoms. The van der Waals surface area contributed by atoms with Gasteiger partial charge in [0.25, 0.3) is 0 Å². The van der Waals surface area contributed by atoms with Gasteiger partial charge in [-0.25, -0.2) is 4.79 Å². The Morgan fingerprint density at radius 2 is 1.90 bits per heavy atom. The smallest absolute Gasteiger partial charge is 0.435 e. The number of hydrogen-bond acceptors (Lipinski definition) is 5. The fraction of sp³-hybridized carbons (Fsp3) is 0.857. The Hall–Kier alpha value is -0.630. The summed E-state index contributed by atoms with van der Waals surface area (Å²) in [6.45, 7) is 7.94. The molecule has 0 aromatic heterocycles. The fourth-order valence-electron chi connectivity index (χ4n) is 3.10. The van der Waals surface area contributed by atoms with Crippen LogP contribution in [0.4, 0.5) is 4.79 Å². The molecule has 1 heterocycles. The number of likely N-dealkylation sites (tertiary alicyclic amines) is 1. The summed E-state index contributed by atoms with van der Waals surface area (Å²) in [5.74, 6) is -1.47. The van der Waals surface area contributed by atoms with Crippen LogP contribution in [0.25, 0.3) is 0 Å². The van der Waals surface area contributed by atoms with Gasteiger partial charge in [0.1, 0.15) is 6.04 Å². The number of carbonyl (C=O) groups excluding carboxylic acids is 1. The third kappa shape index (κ3) is 3.26. The number of hydrogen-bond donors (Lipinski definition) is 2. The monoisotopic (exact) mass is 320 g/mol. The lowest BCUT2D eigenvalue weighted by molar-refractivity contribution is -0.799. The van der Waals surface area contributed by atoms with Crippen molar-refractivity contribution < 1.29 is 28.7 Å². The van der Waals surface area contributed by atoms with E-state index in [1.54, 1.807) is 13.8 Å². The molecule has 0 saturated carbocycles. The number of nitrogens with zero attached hydrogens (tertiary/aromatic N) is 1. The van der Waals surface area contributed by atoms with E-state index in [-0.39, 0.29) is 12.5 Å². The normalized spacial score (nSPS) is 29.3. The van der Waals surface area contributed by atoms with E-state index < -0.39 is 28.3 Å². The Balaban J connectivity index is 3.21. The Kier molecular flexibility index (Phi) is 6.22. The van der Waals surface area contributed by atoms with E-state index in [0.717, 1.165) is 0 Å². The summed E-state index contributed by atoms with van der Waals surface area (Å²) < 4.78 is 10.7. The minimum absolute atomic E-state index is 0.00211. The van der Waals surface area contributed by atoms with Crippen molar-refractivity contribution in [3.05, 3.63) is 0 Å². The summed E-state index contributed by atoms with van der Waals surface area (Å²) in [7, 11) is 0. The number of imide groups is 1. The van der Waals surface area contributed by atoms with Crippen molar-refractivity contribution in [1.82, 2.24) is 0 Å². The van der Waals surface area contributed by atoms with Gasteiger partial charge in [0.05, 0.1) is 12.3 Å². The molecule has 3 atom stereocenters. The Morgan fingerprint density at radius 3 is 2.29 bits per heavy atom. The second-order valence-electron chi connectivity index (χ2n) is 5.56. The van der Waals surface area contributed by atoms with Crippen molar-refractivity contribution in [1.29, 1.82) is 0 Å². The number of amides is 2. The van der Waals surface area contributed by atoms with E-state index in [2.05, 4.69) is 12.6 Å². The average Bonchev–Trinajstić information content (AvgIpc) is 2.71. The van der Waals surface area contributed by atoms with E-state index in [1.165, 1.54) is 0 Å². The van der Waals surface area contributed by atoms with Gasteiger partial charge >= 0.3 is 12.0 Å². The first-order chi connectivity index (χ1) is 9.79. The average molecular weight is 320 g/mol. The summed E-state index contributed by atoms with van der Waals surface area (Å²) in [5, 5.41) is 9.73. The molecule has 1 aliphatic rings. The SMILES string of the molecule is CCOC1(OCC)CC(C)[N@+](C(=O)O)(C(=O)C(C)CS)C1. The van der Waals surface area contributed by atoms with Gasteiger partial charge in [-0.3, -0.25) is 0 Å². The maximum Gasteiger partial charge on any atom is 0.521 e. The first kappa shape index (κ1) is 18.4. The van der Waals surface area contributed by atoms with Gasteiger partial charge in [0.2, 0.25) is 5.79 Å². The molecule has 7 heteroatoms. The van der Waals surface area contributed by atoms with E-state index in [0.29, 0.717) is 25.4 Å². The zero-order valence-electron chi connectivity index (χ0n) is 13.2. The lowest BCUT2D eigenvalue weighted by Crippen LogP contribution is -2.62. The molecule has 1 fully saturated rings. The molecule has 1 rings (SSSR count). The van der Waals surface area contributed by atoms with Crippen LogP contribution in [-0.2, 0) is 14.3 Å². The molecule has 0 radical (unpaired) electrons. The van der Waals surface area contributed by atoms with Crippen molar-refractivity contribution in [2.75, 3.05) is 25.5 Å². The Bertz CT molecular complexity index is 397. The van der Waals surface area contributed by atoms with Gasteiger partial charge in [-0.2, -0.15) is 21.9 Å². The summed E-state index contributed by atoms with van der Waals surface area (Å²) in [5.41, 5.74) is 0. The van der Waals surface area contributed by atoms with Gasteiger partial charge in [0.15, 0.2) is 6.54 Å². The van der Waals surface area contributed by atoms with Crippen LogP contribution in [-0.4, -0.2) is 58.9 Å². The first-order valence-corrected chi connectivity index (χ1v) is 7.97. The molecule has 2 amide bonds. The number of ether oxygens (including phenoxy) is 2. The van der Waals surface area contributed by atoms with Gasteiger partial charge in [0, 0.05) is 19.0 Å². The van der Waals surface area contributed by atoms with Gasteiger partial charge in [-0.1, -0.05) is 0 Å². The third-order valence-corrected chi connectivity index (χ3v) is 4.64. The molecule has 0 aliphatic carbocycles. The zero-order valence-corrected chi connectivity index (χ0v) is 14.1. The number of carbonyl (C=O) groups is 2. The lowest BCUT2D eigenvalue weighted by Gasteiger charge is -2.32. The van der Waals surface area contributed by atoms with Gasteiger partial charge in [-0.15, -0.1) is 0 Å². The quantitative estimate of drug-likeness (QED) is 0.446. The van der Waals surface area contributed by atoms with Crippen LogP contribution in [0, 0.1) is 5.92 Å². The molecule has 0 aromatic carbocycles. The van der Waals surface area contributed by atoms with Crippen LogP contribution < -0.4 is 0 Å². The third-order valence-electron chi connectivity index (χ3n) is 4.09. The highest BCUT2D eigenvalue weighted by Gasteiger charge is 2.64. The van der Waals surface area contributed by atoms with E-state index >= 15 is 0 Å². The molecule has 2 unspecified atom stereocenters. The second kappa shape index (κ2) is 7.09. The highest BCUT2D eigenvalue weighted by atomic mass is 32.1. The number of thiol groups is 1. The molecule has 122 valence electrons. The molecular weight excluding hydrogens is 294 g/mol. The first-order valence-electron chi connectivity index (χ1n) is 7.34. The van der Waals surface area contributed by atoms with Crippen LogP contribution >= 0.6 is 12.6 Å². The Morgan fingerprint density at radius 1 is 1.38 bits per heavy atom. The van der Waals surface area contributed by atoms with Crippen LogP contribution in [0.2, 0.25) is 0 Å².